The van der Waals surface area contributed by atoms with Gasteiger partial charge in [-0.2, -0.15) is 0 Å². The smallest absolute Gasteiger partial charge is 0.220 e. The van der Waals surface area contributed by atoms with Crippen LogP contribution in [0.25, 0.3) is 0 Å². The lowest BCUT2D eigenvalue weighted by atomic mass is 10.0. The normalized spacial score (nSPS) is 25.3. The molecule has 2 N–H and O–H groups in total. The maximum Gasteiger partial charge on any atom is 0.220 e. The van der Waals surface area contributed by atoms with E-state index in [1.54, 1.807) is 0 Å². The molecule has 2 atom stereocenters. The van der Waals surface area contributed by atoms with Crippen molar-refractivity contribution in [2.24, 2.45) is 5.92 Å². The van der Waals surface area contributed by atoms with Crippen LogP contribution in [0.5, 0.6) is 0 Å². The van der Waals surface area contributed by atoms with Gasteiger partial charge in [-0.3, -0.25) is 4.79 Å². The average Bonchev–Trinajstić information content (AvgIpc) is 2.99. The zero-order valence-corrected chi connectivity index (χ0v) is 11.7. The topological polar surface area (TPSA) is 41.1 Å². The first-order valence-electron chi connectivity index (χ1n) is 7.01. The molecule has 19 heavy (non-hydrogen) atoms. The molecular weight excluding hydrogens is 260 g/mol. The first kappa shape index (κ1) is 12.9. The van der Waals surface area contributed by atoms with E-state index in [4.69, 9.17) is 11.6 Å². The van der Waals surface area contributed by atoms with Gasteiger partial charge < -0.3 is 10.6 Å². The summed E-state index contributed by atoms with van der Waals surface area (Å²) in [5.74, 6) is 0.688. The highest BCUT2D eigenvalue weighted by Gasteiger charge is 2.25. The fourth-order valence-corrected chi connectivity index (χ4v) is 3.33. The van der Waals surface area contributed by atoms with Crippen molar-refractivity contribution < 1.29 is 4.79 Å². The van der Waals surface area contributed by atoms with Gasteiger partial charge >= 0.3 is 0 Å². The molecule has 1 aromatic carbocycles. The molecular formula is C15H19ClN2O. The third kappa shape index (κ3) is 2.93. The Balaban J connectivity index is 1.61. The summed E-state index contributed by atoms with van der Waals surface area (Å²) in [6, 6.07) is 6.15. The van der Waals surface area contributed by atoms with Crippen molar-refractivity contribution in [3.8, 4) is 0 Å². The minimum absolute atomic E-state index is 0.175. The predicted molar refractivity (Wildman–Crippen MR) is 76.3 cm³/mol. The molecule has 1 aliphatic heterocycles. The molecule has 1 fully saturated rings. The zero-order chi connectivity index (χ0) is 13.2. The van der Waals surface area contributed by atoms with Gasteiger partial charge in [0.05, 0.1) is 6.04 Å². The molecule has 0 aromatic heterocycles. The molecule has 1 heterocycles. The monoisotopic (exact) mass is 278 g/mol. The molecule has 1 amide bonds. The van der Waals surface area contributed by atoms with E-state index in [9.17, 15) is 4.79 Å². The van der Waals surface area contributed by atoms with Crippen LogP contribution in [0.3, 0.4) is 0 Å². The van der Waals surface area contributed by atoms with E-state index in [1.165, 1.54) is 11.1 Å². The summed E-state index contributed by atoms with van der Waals surface area (Å²) in [7, 11) is 0. The maximum atomic E-state index is 12.1. The van der Waals surface area contributed by atoms with Gasteiger partial charge in [0.25, 0.3) is 0 Å². The van der Waals surface area contributed by atoms with Crippen LogP contribution >= 0.6 is 11.6 Å². The van der Waals surface area contributed by atoms with Crippen LogP contribution in [0.2, 0.25) is 5.02 Å². The van der Waals surface area contributed by atoms with Crippen molar-refractivity contribution in [2.45, 2.75) is 31.7 Å². The SMILES string of the molecule is O=C(C[C@@H]1CCNC1)N[C@@H]1CCc2cc(Cl)ccc21. The van der Waals surface area contributed by atoms with Gasteiger partial charge in [0.2, 0.25) is 5.91 Å². The largest absolute Gasteiger partial charge is 0.349 e. The number of hydrogen-bond donors (Lipinski definition) is 2. The van der Waals surface area contributed by atoms with Gasteiger partial charge in [-0.25, -0.2) is 0 Å². The summed E-state index contributed by atoms with van der Waals surface area (Å²) in [5.41, 5.74) is 2.52. The molecule has 0 bridgehead atoms. The lowest BCUT2D eigenvalue weighted by molar-refractivity contribution is -0.122. The fourth-order valence-electron chi connectivity index (χ4n) is 3.14. The van der Waals surface area contributed by atoms with Crippen molar-refractivity contribution in [3.63, 3.8) is 0 Å². The van der Waals surface area contributed by atoms with E-state index in [0.29, 0.717) is 12.3 Å². The second-order valence-corrected chi connectivity index (χ2v) is 6.00. The van der Waals surface area contributed by atoms with Gasteiger partial charge in [-0.05, 0) is 61.5 Å². The average molecular weight is 279 g/mol. The molecule has 3 nitrogen and oxygen atoms in total. The Morgan fingerprint density at radius 3 is 3.11 bits per heavy atom. The zero-order valence-electron chi connectivity index (χ0n) is 10.9. The summed E-state index contributed by atoms with van der Waals surface area (Å²) in [4.78, 5) is 12.1. The van der Waals surface area contributed by atoms with E-state index in [2.05, 4.69) is 10.6 Å². The summed E-state index contributed by atoms with van der Waals surface area (Å²) >= 11 is 6.00. The summed E-state index contributed by atoms with van der Waals surface area (Å²) in [6.07, 6.45) is 3.76. The number of fused-ring (bicyclic) bond motifs is 1. The number of benzene rings is 1. The second-order valence-electron chi connectivity index (χ2n) is 5.56. The van der Waals surface area contributed by atoms with E-state index in [0.717, 1.165) is 37.4 Å². The Morgan fingerprint density at radius 2 is 2.32 bits per heavy atom. The molecule has 0 radical (unpaired) electrons. The van der Waals surface area contributed by atoms with Crippen molar-refractivity contribution in [1.29, 1.82) is 0 Å². The van der Waals surface area contributed by atoms with Crippen molar-refractivity contribution in [1.82, 2.24) is 10.6 Å². The first-order chi connectivity index (χ1) is 9.22. The highest BCUT2D eigenvalue weighted by atomic mass is 35.5. The molecule has 2 aliphatic rings. The van der Waals surface area contributed by atoms with Crippen LogP contribution in [0.15, 0.2) is 18.2 Å². The molecule has 1 aromatic rings. The molecule has 0 saturated carbocycles. The number of aryl methyl sites for hydroxylation is 1. The van der Waals surface area contributed by atoms with Crippen LogP contribution in [0, 0.1) is 5.92 Å². The number of halogens is 1. The quantitative estimate of drug-likeness (QED) is 0.892. The van der Waals surface area contributed by atoms with Gasteiger partial charge in [0, 0.05) is 11.4 Å². The number of carbonyl (C=O) groups is 1. The lowest BCUT2D eigenvalue weighted by Gasteiger charge is -2.16. The standard InChI is InChI=1S/C15H19ClN2O/c16-12-2-3-13-11(8-12)1-4-14(13)18-15(19)7-10-5-6-17-9-10/h2-3,8,10,14,17H,1,4-7,9H2,(H,18,19)/t10-,14+/m0/s1. The van der Waals surface area contributed by atoms with Crippen LogP contribution in [-0.4, -0.2) is 19.0 Å². The lowest BCUT2D eigenvalue weighted by Crippen LogP contribution is -2.29. The van der Waals surface area contributed by atoms with Gasteiger partial charge in [-0.15, -0.1) is 0 Å². The van der Waals surface area contributed by atoms with Crippen LogP contribution in [0.4, 0.5) is 0 Å². The number of hydrogen-bond acceptors (Lipinski definition) is 2. The number of nitrogens with one attached hydrogen (secondary N) is 2. The fraction of sp³-hybridized carbons (Fsp3) is 0.533. The van der Waals surface area contributed by atoms with E-state index in [1.807, 2.05) is 18.2 Å². The number of amides is 1. The third-order valence-corrected chi connectivity index (χ3v) is 4.39. The Kier molecular flexibility index (Phi) is 3.76. The van der Waals surface area contributed by atoms with E-state index in [-0.39, 0.29) is 11.9 Å². The third-order valence-electron chi connectivity index (χ3n) is 4.15. The minimum atomic E-state index is 0.175. The summed E-state index contributed by atoms with van der Waals surface area (Å²) in [5, 5.41) is 7.25. The van der Waals surface area contributed by atoms with Crippen molar-refractivity contribution >= 4 is 17.5 Å². The summed E-state index contributed by atoms with van der Waals surface area (Å²) < 4.78 is 0. The Hall–Kier alpha value is -1.06. The van der Waals surface area contributed by atoms with Crippen molar-refractivity contribution in [2.75, 3.05) is 13.1 Å². The Bertz CT molecular complexity index is 483. The molecule has 102 valence electrons. The summed E-state index contributed by atoms with van der Waals surface area (Å²) in [6.45, 7) is 2.02. The molecule has 4 heteroatoms. The van der Waals surface area contributed by atoms with Crippen LogP contribution in [0.1, 0.15) is 36.4 Å². The van der Waals surface area contributed by atoms with E-state index >= 15 is 0 Å². The number of rotatable bonds is 3. The Morgan fingerprint density at radius 1 is 1.42 bits per heavy atom. The van der Waals surface area contributed by atoms with Gasteiger partial charge in [0.1, 0.15) is 0 Å². The maximum absolute atomic E-state index is 12.1. The molecule has 1 aliphatic carbocycles. The van der Waals surface area contributed by atoms with Crippen LogP contribution in [-0.2, 0) is 11.2 Å². The predicted octanol–water partition coefficient (Wildman–Crippen LogP) is 2.44. The van der Waals surface area contributed by atoms with Gasteiger partial charge in [-0.1, -0.05) is 17.7 Å². The van der Waals surface area contributed by atoms with E-state index < -0.39 is 0 Å². The highest BCUT2D eigenvalue weighted by Crippen LogP contribution is 2.33. The highest BCUT2D eigenvalue weighted by molar-refractivity contribution is 6.30. The van der Waals surface area contributed by atoms with Crippen molar-refractivity contribution in [3.05, 3.63) is 34.3 Å². The molecule has 0 unspecified atom stereocenters. The van der Waals surface area contributed by atoms with Crippen LogP contribution < -0.4 is 10.6 Å². The first-order valence-corrected chi connectivity index (χ1v) is 7.38. The Labute approximate surface area is 118 Å². The second kappa shape index (κ2) is 5.51. The minimum Gasteiger partial charge on any atom is -0.349 e. The van der Waals surface area contributed by atoms with Gasteiger partial charge in [0.15, 0.2) is 0 Å². The molecule has 0 spiro atoms. The molecule has 3 rings (SSSR count). The number of carbonyl (C=O) groups excluding carboxylic acids is 1. The molecule has 1 saturated heterocycles.